The molecule has 1 aliphatic rings. The zero-order valence-electron chi connectivity index (χ0n) is 11.5. The van der Waals surface area contributed by atoms with Crippen molar-refractivity contribution in [2.45, 2.75) is 17.4 Å². The maximum atomic E-state index is 11.9. The van der Waals surface area contributed by atoms with Crippen LogP contribution >= 0.6 is 11.8 Å². The number of amides is 1. The fourth-order valence-corrected chi connectivity index (χ4v) is 2.09. The Hall–Kier alpha value is -1.79. The van der Waals surface area contributed by atoms with Crippen LogP contribution in [0.3, 0.4) is 0 Å². The van der Waals surface area contributed by atoms with Gasteiger partial charge in [-0.05, 0) is 36.1 Å². The SMILES string of the molecule is C=CSc1ccc(C(=O)NCCCOC(=O)C2CO2)cc1. The summed E-state index contributed by atoms with van der Waals surface area (Å²) in [5.74, 6) is -0.460. The average molecular weight is 307 g/mol. The summed E-state index contributed by atoms with van der Waals surface area (Å²) in [7, 11) is 0. The predicted molar refractivity (Wildman–Crippen MR) is 80.1 cm³/mol. The number of nitrogens with one attached hydrogen (secondary N) is 1. The highest BCUT2D eigenvalue weighted by molar-refractivity contribution is 8.02. The number of rotatable bonds is 8. The van der Waals surface area contributed by atoms with Crippen molar-refractivity contribution in [3.05, 3.63) is 41.8 Å². The molecule has 0 spiro atoms. The third-order valence-corrected chi connectivity index (χ3v) is 3.49. The van der Waals surface area contributed by atoms with Crippen molar-refractivity contribution < 1.29 is 19.1 Å². The summed E-state index contributed by atoms with van der Waals surface area (Å²) in [6.07, 6.45) is 0.209. The molecule has 2 rings (SSSR count). The van der Waals surface area contributed by atoms with Gasteiger partial charge in [-0.25, -0.2) is 4.79 Å². The van der Waals surface area contributed by atoms with Gasteiger partial charge in [0.05, 0.1) is 13.2 Å². The number of hydrogen-bond acceptors (Lipinski definition) is 5. The third kappa shape index (κ3) is 5.24. The van der Waals surface area contributed by atoms with Crippen molar-refractivity contribution in [2.24, 2.45) is 0 Å². The molecule has 0 aromatic heterocycles. The molecule has 1 aliphatic heterocycles. The normalized spacial score (nSPS) is 16.1. The summed E-state index contributed by atoms with van der Waals surface area (Å²) < 4.78 is 9.77. The smallest absolute Gasteiger partial charge is 0.337 e. The molecule has 6 heteroatoms. The van der Waals surface area contributed by atoms with Crippen LogP contribution in [0.15, 0.2) is 41.1 Å². The number of thioether (sulfide) groups is 1. The van der Waals surface area contributed by atoms with Crippen molar-refractivity contribution in [1.29, 1.82) is 0 Å². The van der Waals surface area contributed by atoms with Crippen molar-refractivity contribution in [3.63, 3.8) is 0 Å². The van der Waals surface area contributed by atoms with E-state index in [1.54, 1.807) is 17.5 Å². The van der Waals surface area contributed by atoms with Gasteiger partial charge in [0.25, 0.3) is 5.91 Å². The Bertz CT molecular complexity index is 511. The van der Waals surface area contributed by atoms with Gasteiger partial charge >= 0.3 is 5.97 Å². The monoisotopic (exact) mass is 307 g/mol. The fraction of sp³-hybridized carbons (Fsp3) is 0.333. The van der Waals surface area contributed by atoms with E-state index in [-0.39, 0.29) is 24.6 Å². The molecule has 0 saturated carbocycles. The topological polar surface area (TPSA) is 67.9 Å². The molecule has 1 amide bonds. The molecule has 21 heavy (non-hydrogen) atoms. The standard InChI is InChI=1S/C15H17NO4S/c1-2-21-12-6-4-11(5-7-12)14(17)16-8-3-9-19-15(18)13-10-20-13/h2,4-7,13H,1,3,8-10H2,(H,16,17). The lowest BCUT2D eigenvalue weighted by Crippen LogP contribution is -2.25. The first kappa shape index (κ1) is 15.6. The lowest BCUT2D eigenvalue weighted by molar-refractivity contribution is -0.145. The van der Waals surface area contributed by atoms with E-state index in [4.69, 9.17) is 9.47 Å². The zero-order chi connectivity index (χ0) is 15.1. The van der Waals surface area contributed by atoms with Gasteiger partial charge in [-0.15, -0.1) is 0 Å². The van der Waals surface area contributed by atoms with Crippen LogP contribution in [-0.2, 0) is 14.3 Å². The molecule has 0 aliphatic carbocycles. The highest BCUT2D eigenvalue weighted by atomic mass is 32.2. The Morgan fingerprint density at radius 2 is 2.14 bits per heavy atom. The number of epoxide rings is 1. The largest absolute Gasteiger partial charge is 0.464 e. The molecular weight excluding hydrogens is 290 g/mol. The number of esters is 1. The maximum Gasteiger partial charge on any atom is 0.337 e. The Morgan fingerprint density at radius 3 is 2.76 bits per heavy atom. The fourth-order valence-electron chi connectivity index (χ4n) is 1.61. The number of ether oxygens (including phenoxy) is 2. The molecule has 0 bridgehead atoms. The van der Waals surface area contributed by atoms with Gasteiger partial charge in [-0.3, -0.25) is 4.79 Å². The van der Waals surface area contributed by atoms with Crippen LogP contribution in [-0.4, -0.2) is 37.7 Å². The minimum atomic E-state index is -0.369. The third-order valence-electron chi connectivity index (χ3n) is 2.78. The molecule has 0 radical (unpaired) electrons. The van der Waals surface area contributed by atoms with Crippen molar-refractivity contribution in [3.8, 4) is 0 Å². The highest BCUT2D eigenvalue weighted by Crippen LogP contribution is 2.18. The molecular formula is C15H17NO4S. The van der Waals surface area contributed by atoms with Gasteiger partial charge in [-0.2, -0.15) is 0 Å². The van der Waals surface area contributed by atoms with Crippen molar-refractivity contribution in [2.75, 3.05) is 19.8 Å². The van der Waals surface area contributed by atoms with E-state index in [2.05, 4.69) is 11.9 Å². The van der Waals surface area contributed by atoms with Crippen molar-refractivity contribution in [1.82, 2.24) is 5.32 Å². The quantitative estimate of drug-likeness (QED) is 0.344. The highest BCUT2D eigenvalue weighted by Gasteiger charge is 2.32. The molecule has 1 fully saturated rings. The van der Waals surface area contributed by atoms with Gasteiger partial charge in [-0.1, -0.05) is 18.3 Å². The second kappa shape index (κ2) is 7.85. The number of carbonyl (C=O) groups excluding carboxylic acids is 2. The lowest BCUT2D eigenvalue weighted by atomic mass is 10.2. The molecule has 1 saturated heterocycles. The molecule has 1 N–H and O–H groups in total. The van der Waals surface area contributed by atoms with E-state index in [0.717, 1.165) is 4.90 Å². The second-order valence-corrected chi connectivity index (χ2v) is 5.45. The van der Waals surface area contributed by atoms with Gasteiger partial charge < -0.3 is 14.8 Å². The van der Waals surface area contributed by atoms with Crippen LogP contribution in [0.2, 0.25) is 0 Å². The lowest BCUT2D eigenvalue weighted by Gasteiger charge is -2.06. The summed E-state index contributed by atoms with van der Waals surface area (Å²) in [6, 6.07) is 7.29. The average Bonchev–Trinajstić information content (AvgIpc) is 3.32. The van der Waals surface area contributed by atoms with Crippen LogP contribution in [0, 0.1) is 0 Å². The van der Waals surface area contributed by atoms with Gasteiger partial charge in [0, 0.05) is 17.0 Å². The minimum Gasteiger partial charge on any atom is -0.464 e. The summed E-state index contributed by atoms with van der Waals surface area (Å²) in [4.78, 5) is 24.1. The van der Waals surface area contributed by atoms with Crippen LogP contribution < -0.4 is 5.32 Å². The molecule has 5 nitrogen and oxygen atoms in total. The maximum absolute atomic E-state index is 11.9. The minimum absolute atomic E-state index is 0.137. The van der Waals surface area contributed by atoms with E-state index < -0.39 is 0 Å². The molecule has 1 aromatic carbocycles. The Morgan fingerprint density at radius 1 is 1.43 bits per heavy atom. The summed E-state index contributed by atoms with van der Waals surface area (Å²) in [6.45, 7) is 4.84. The number of carbonyl (C=O) groups is 2. The summed E-state index contributed by atoms with van der Waals surface area (Å²) >= 11 is 1.50. The first-order valence-corrected chi connectivity index (χ1v) is 7.52. The number of benzene rings is 1. The van der Waals surface area contributed by atoms with Gasteiger partial charge in [0.1, 0.15) is 0 Å². The first-order chi connectivity index (χ1) is 10.2. The molecule has 1 unspecified atom stereocenters. The van der Waals surface area contributed by atoms with Crippen LogP contribution in [0.25, 0.3) is 0 Å². The van der Waals surface area contributed by atoms with E-state index in [1.807, 2.05) is 12.1 Å². The second-order valence-electron chi connectivity index (χ2n) is 4.41. The van der Waals surface area contributed by atoms with E-state index in [9.17, 15) is 9.59 Å². The molecule has 1 aromatic rings. The van der Waals surface area contributed by atoms with E-state index in [0.29, 0.717) is 25.1 Å². The zero-order valence-corrected chi connectivity index (χ0v) is 12.4. The molecule has 112 valence electrons. The Kier molecular flexibility index (Phi) is 5.83. The summed E-state index contributed by atoms with van der Waals surface area (Å²) in [5, 5.41) is 4.52. The Balaban J connectivity index is 1.64. The van der Waals surface area contributed by atoms with E-state index in [1.165, 1.54) is 11.8 Å². The van der Waals surface area contributed by atoms with Gasteiger partial charge in [0.2, 0.25) is 0 Å². The molecule has 1 atom stereocenters. The van der Waals surface area contributed by atoms with Crippen molar-refractivity contribution >= 4 is 23.6 Å². The summed E-state index contributed by atoms with van der Waals surface area (Å²) in [5.41, 5.74) is 0.604. The number of hydrogen-bond donors (Lipinski definition) is 1. The van der Waals surface area contributed by atoms with Crippen LogP contribution in [0.5, 0.6) is 0 Å². The van der Waals surface area contributed by atoms with Gasteiger partial charge in [0.15, 0.2) is 6.10 Å². The first-order valence-electron chi connectivity index (χ1n) is 6.65. The van der Waals surface area contributed by atoms with Crippen LogP contribution in [0.1, 0.15) is 16.8 Å². The Labute approximate surface area is 127 Å². The molecule has 1 heterocycles. The van der Waals surface area contributed by atoms with E-state index >= 15 is 0 Å². The predicted octanol–water partition coefficient (Wildman–Crippen LogP) is 1.98. The van der Waals surface area contributed by atoms with Crippen LogP contribution in [0.4, 0.5) is 0 Å².